The van der Waals surface area contributed by atoms with Gasteiger partial charge in [0.25, 0.3) is 0 Å². The van der Waals surface area contributed by atoms with Gasteiger partial charge in [-0.15, -0.1) is 0 Å². The van der Waals surface area contributed by atoms with Crippen LogP contribution in [0.25, 0.3) is 0 Å². The van der Waals surface area contributed by atoms with Crippen molar-refractivity contribution < 1.29 is 27.9 Å². The Morgan fingerprint density at radius 3 is 2.42 bits per heavy atom. The van der Waals surface area contributed by atoms with Crippen molar-refractivity contribution in [3.8, 4) is 0 Å². The predicted molar refractivity (Wildman–Crippen MR) is 82.4 cm³/mol. The topological polar surface area (TPSA) is 81.7 Å². The number of rotatable bonds is 5. The highest BCUT2D eigenvalue weighted by atomic mass is 19.4. The molecular weight excluding hydrogens is 327 g/mol. The number of likely N-dealkylation sites (N-methyl/N-ethyl adjacent to an activating group) is 1. The Balaban J connectivity index is 2.66. The molecule has 0 fully saturated rings. The Hall–Kier alpha value is -2.13. The average molecular weight is 347 g/mol. The molecule has 1 aromatic carbocycles. The van der Waals surface area contributed by atoms with Crippen molar-refractivity contribution in [2.24, 2.45) is 0 Å². The van der Waals surface area contributed by atoms with E-state index in [1.54, 1.807) is 19.0 Å². The van der Waals surface area contributed by atoms with E-state index in [0.29, 0.717) is 0 Å². The molecular formula is C15H20F3N3O3. The number of amides is 2. The minimum Gasteiger partial charge on any atom is -0.390 e. The monoisotopic (exact) mass is 347 g/mol. The molecule has 2 amide bonds. The SMILES string of the molecule is Cc1ccc(NC(=O)C(=O)NCC(O)CN(C)C)cc1C(F)(F)F. The van der Waals surface area contributed by atoms with E-state index >= 15 is 0 Å². The van der Waals surface area contributed by atoms with Crippen LogP contribution in [0.15, 0.2) is 18.2 Å². The van der Waals surface area contributed by atoms with Crippen molar-refractivity contribution in [1.82, 2.24) is 10.2 Å². The van der Waals surface area contributed by atoms with Gasteiger partial charge in [0.2, 0.25) is 0 Å². The van der Waals surface area contributed by atoms with Gasteiger partial charge in [0.1, 0.15) is 0 Å². The quantitative estimate of drug-likeness (QED) is 0.694. The number of hydrogen-bond acceptors (Lipinski definition) is 4. The van der Waals surface area contributed by atoms with E-state index in [1.165, 1.54) is 19.1 Å². The highest BCUT2D eigenvalue weighted by molar-refractivity contribution is 6.39. The molecule has 1 aromatic rings. The fraction of sp³-hybridized carbons (Fsp3) is 0.467. The molecule has 0 radical (unpaired) electrons. The van der Waals surface area contributed by atoms with E-state index in [-0.39, 0.29) is 24.3 Å². The Kier molecular flexibility index (Phi) is 6.73. The van der Waals surface area contributed by atoms with Crippen LogP contribution in [0.5, 0.6) is 0 Å². The van der Waals surface area contributed by atoms with Crippen LogP contribution in [-0.2, 0) is 15.8 Å². The number of aliphatic hydroxyl groups excluding tert-OH is 1. The first-order valence-corrected chi connectivity index (χ1v) is 7.10. The Morgan fingerprint density at radius 1 is 1.25 bits per heavy atom. The lowest BCUT2D eigenvalue weighted by molar-refractivity contribution is -0.138. The molecule has 0 heterocycles. The summed E-state index contributed by atoms with van der Waals surface area (Å²) in [6.45, 7) is 1.44. The number of carbonyl (C=O) groups excluding carboxylic acids is 2. The summed E-state index contributed by atoms with van der Waals surface area (Å²) in [5, 5.41) is 13.9. The third kappa shape index (κ3) is 6.17. The minimum atomic E-state index is -4.55. The molecule has 0 saturated carbocycles. The molecule has 0 aliphatic carbocycles. The highest BCUT2D eigenvalue weighted by Gasteiger charge is 2.32. The van der Waals surface area contributed by atoms with Gasteiger partial charge in [0.05, 0.1) is 11.7 Å². The number of nitrogens with zero attached hydrogens (tertiary/aromatic N) is 1. The van der Waals surface area contributed by atoms with Gasteiger partial charge >= 0.3 is 18.0 Å². The number of aryl methyl sites for hydroxylation is 1. The number of alkyl halides is 3. The summed E-state index contributed by atoms with van der Waals surface area (Å²) in [5.41, 5.74) is -1.01. The van der Waals surface area contributed by atoms with Crippen LogP contribution in [0.2, 0.25) is 0 Å². The molecule has 6 nitrogen and oxygen atoms in total. The zero-order valence-electron chi connectivity index (χ0n) is 13.6. The molecule has 0 bridgehead atoms. The second-order valence-electron chi connectivity index (χ2n) is 5.61. The van der Waals surface area contributed by atoms with E-state index in [9.17, 15) is 27.9 Å². The molecule has 0 aliphatic heterocycles. The van der Waals surface area contributed by atoms with Crippen molar-refractivity contribution in [3.05, 3.63) is 29.3 Å². The fourth-order valence-electron chi connectivity index (χ4n) is 1.97. The Bertz CT molecular complexity index is 603. The molecule has 1 rings (SSSR count). The van der Waals surface area contributed by atoms with E-state index in [2.05, 4.69) is 10.6 Å². The Morgan fingerprint density at radius 2 is 1.88 bits per heavy atom. The predicted octanol–water partition coefficient (Wildman–Crippen LogP) is 0.991. The molecule has 1 atom stereocenters. The van der Waals surface area contributed by atoms with E-state index in [0.717, 1.165) is 6.07 Å². The van der Waals surface area contributed by atoms with Crippen LogP contribution in [0.1, 0.15) is 11.1 Å². The first-order chi connectivity index (χ1) is 11.0. The largest absolute Gasteiger partial charge is 0.416 e. The maximum Gasteiger partial charge on any atom is 0.416 e. The number of carbonyl (C=O) groups is 2. The molecule has 0 saturated heterocycles. The van der Waals surface area contributed by atoms with Crippen molar-refractivity contribution in [2.45, 2.75) is 19.2 Å². The third-order valence-electron chi connectivity index (χ3n) is 3.08. The molecule has 1 unspecified atom stereocenters. The lowest BCUT2D eigenvalue weighted by Crippen LogP contribution is -2.42. The number of benzene rings is 1. The standard InChI is InChI=1S/C15H20F3N3O3/c1-9-4-5-10(6-12(9)15(16,17)18)20-14(24)13(23)19-7-11(22)8-21(2)3/h4-6,11,22H,7-8H2,1-3H3,(H,19,23)(H,20,24). The van der Waals surface area contributed by atoms with E-state index < -0.39 is 29.7 Å². The number of anilines is 1. The van der Waals surface area contributed by atoms with Gasteiger partial charge in [0, 0.05) is 18.8 Å². The fourth-order valence-corrected chi connectivity index (χ4v) is 1.97. The van der Waals surface area contributed by atoms with Crippen LogP contribution in [0.4, 0.5) is 18.9 Å². The lowest BCUT2D eigenvalue weighted by atomic mass is 10.1. The zero-order chi connectivity index (χ0) is 18.5. The van der Waals surface area contributed by atoms with Gasteiger partial charge in [-0.2, -0.15) is 13.2 Å². The van der Waals surface area contributed by atoms with Gasteiger partial charge in [-0.1, -0.05) is 6.07 Å². The second kappa shape index (κ2) is 8.11. The summed E-state index contributed by atoms with van der Waals surface area (Å²) in [7, 11) is 3.46. The van der Waals surface area contributed by atoms with E-state index in [4.69, 9.17) is 0 Å². The molecule has 134 valence electrons. The van der Waals surface area contributed by atoms with Crippen LogP contribution in [-0.4, -0.2) is 55.1 Å². The maximum absolute atomic E-state index is 12.8. The maximum atomic E-state index is 12.8. The van der Waals surface area contributed by atoms with Gasteiger partial charge in [-0.25, -0.2) is 0 Å². The molecule has 0 aliphatic rings. The Labute approximate surface area is 137 Å². The smallest absolute Gasteiger partial charge is 0.390 e. The van der Waals surface area contributed by atoms with Crippen molar-refractivity contribution >= 4 is 17.5 Å². The van der Waals surface area contributed by atoms with Gasteiger partial charge < -0.3 is 20.6 Å². The summed E-state index contributed by atoms with van der Waals surface area (Å²) in [6.07, 6.45) is -5.42. The van der Waals surface area contributed by atoms with E-state index in [1.807, 2.05) is 0 Å². The summed E-state index contributed by atoms with van der Waals surface area (Å²) in [4.78, 5) is 25.0. The van der Waals surface area contributed by atoms with Gasteiger partial charge in [-0.3, -0.25) is 9.59 Å². The van der Waals surface area contributed by atoms with Crippen LogP contribution in [0, 0.1) is 6.92 Å². The second-order valence-corrected chi connectivity index (χ2v) is 5.61. The molecule has 0 aromatic heterocycles. The first kappa shape index (κ1) is 19.9. The number of hydrogen-bond donors (Lipinski definition) is 3. The van der Waals surface area contributed by atoms with Crippen molar-refractivity contribution in [3.63, 3.8) is 0 Å². The number of halogens is 3. The minimum absolute atomic E-state index is 0.0109. The molecule has 24 heavy (non-hydrogen) atoms. The first-order valence-electron chi connectivity index (χ1n) is 7.10. The van der Waals surface area contributed by atoms with Crippen molar-refractivity contribution in [1.29, 1.82) is 0 Å². The van der Waals surface area contributed by atoms with Crippen molar-refractivity contribution in [2.75, 3.05) is 32.5 Å². The highest BCUT2D eigenvalue weighted by Crippen LogP contribution is 2.33. The summed E-state index contributed by atoms with van der Waals surface area (Å²) >= 11 is 0. The lowest BCUT2D eigenvalue weighted by Gasteiger charge is -2.16. The summed E-state index contributed by atoms with van der Waals surface area (Å²) in [5.74, 6) is -2.15. The zero-order valence-corrected chi connectivity index (χ0v) is 13.6. The molecule has 9 heteroatoms. The third-order valence-corrected chi connectivity index (χ3v) is 3.08. The number of nitrogens with one attached hydrogen (secondary N) is 2. The van der Waals surface area contributed by atoms with Crippen LogP contribution < -0.4 is 10.6 Å². The van der Waals surface area contributed by atoms with Crippen LogP contribution in [0.3, 0.4) is 0 Å². The summed E-state index contributed by atoms with van der Waals surface area (Å²) in [6, 6.07) is 3.25. The normalized spacial score (nSPS) is 12.8. The van der Waals surface area contributed by atoms with Gasteiger partial charge in [-0.05, 0) is 38.7 Å². The summed E-state index contributed by atoms with van der Waals surface area (Å²) < 4.78 is 38.4. The average Bonchev–Trinajstić information content (AvgIpc) is 2.44. The number of aliphatic hydroxyl groups is 1. The molecule has 3 N–H and O–H groups in total. The van der Waals surface area contributed by atoms with Crippen LogP contribution >= 0.6 is 0 Å². The molecule has 0 spiro atoms. The van der Waals surface area contributed by atoms with Gasteiger partial charge in [0.15, 0.2) is 0 Å².